The number of carbonyl (C=O) groups is 2. The lowest BCUT2D eigenvalue weighted by atomic mass is 10.1. The molecule has 4 rings (SSSR count). The highest BCUT2D eigenvalue weighted by Gasteiger charge is 2.27. The van der Waals surface area contributed by atoms with Crippen LogP contribution >= 0.6 is 12.4 Å². The Kier molecular flexibility index (Phi) is 9.55. The Morgan fingerprint density at radius 3 is 2.64 bits per heavy atom. The molecule has 2 aliphatic heterocycles. The highest BCUT2D eigenvalue weighted by atomic mass is 35.5. The molecule has 0 saturated carbocycles. The number of hydrogen-bond acceptors (Lipinski definition) is 9. The van der Waals surface area contributed by atoms with Crippen molar-refractivity contribution in [2.24, 2.45) is 0 Å². The normalized spacial score (nSPS) is 15.3. The van der Waals surface area contributed by atoms with Gasteiger partial charge in [-0.1, -0.05) is 0 Å². The molecule has 11 nitrogen and oxygen atoms in total. The third-order valence-corrected chi connectivity index (χ3v) is 6.48. The van der Waals surface area contributed by atoms with Gasteiger partial charge in [0.25, 0.3) is 5.91 Å². The maximum Gasteiger partial charge on any atom is 0.435 e. The molecular weight excluding hydrogens is 486 g/mol. The van der Waals surface area contributed by atoms with Crippen LogP contribution in [0.1, 0.15) is 28.5 Å². The Bertz CT molecular complexity index is 1070. The molecule has 0 radical (unpaired) electrons. The lowest BCUT2D eigenvalue weighted by Crippen LogP contribution is -2.45. The first-order valence-corrected chi connectivity index (χ1v) is 12.0. The van der Waals surface area contributed by atoms with Crippen LogP contribution in [0, 0.1) is 0 Å². The van der Waals surface area contributed by atoms with Crippen molar-refractivity contribution in [1.82, 2.24) is 20.0 Å². The molecule has 1 fully saturated rings. The Morgan fingerprint density at radius 2 is 1.94 bits per heavy atom. The Hall–Kier alpha value is -2.86. The zero-order valence-corrected chi connectivity index (χ0v) is 22.2. The molecule has 2 N–H and O–H groups in total. The van der Waals surface area contributed by atoms with Gasteiger partial charge in [-0.3, -0.25) is 4.79 Å². The lowest BCUT2D eigenvalue weighted by Gasteiger charge is -2.36. The van der Waals surface area contributed by atoms with Crippen molar-refractivity contribution in [3.05, 3.63) is 35.0 Å². The largest absolute Gasteiger partial charge is 0.448 e. The first kappa shape index (κ1) is 27.7. The molecule has 1 amide bonds. The van der Waals surface area contributed by atoms with Crippen LogP contribution in [0.2, 0.25) is 0 Å². The van der Waals surface area contributed by atoms with Crippen LogP contribution in [0.5, 0.6) is 0 Å². The zero-order valence-electron chi connectivity index (χ0n) is 21.4. The number of fused-ring (bicyclic) bond motifs is 1. The van der Waals surface area contributed by atoms with Crippen LogP contribution in [0.15, 0.2) is 18.2 Å². The van der Waals surface area contributed by atoms with Crippen LogP contribution in [0.3, 0.4) is 0 Å². The standard InChI is InChI=1S/C24H35N7O4.ClH/c1-5-35-24(33)31-21-16-25-15-18(21)22(27-31)26-23(32)17-6-7-19(30-10-8-28(2)9-11-30)20(14-17)29(3)12-13-34-4;/h6-7,14,25H,5,8-13,15-16H2,1-4H3,(H,26,27,32);1H. The molecule has 0 unspecified atom stereocenters. The maximum absolute atomic E-state index is 13.3. The van der Waals surface area contributed by atoms with Gasteiger partial charge in [0.2, 0.25) is 0 Å². The van der Waals surface area contributed by atoms with E-state index >= 15 is 0 Å². The summed E-state index contributed by atoms with van der Waals surface area (Å²) < 4.78 is 11.6. The smallest absolute Gasteiger partial charge is 0.435 e. The molecule has 36 heavy (non-hydrogen) atoms. The van der Waals surface area contributed by atoms with Crippen molar-refractivity contribution in [3.8, 4) is 0 Å². The summed E-state index contributed by atoms with van der Waals surface area (Å²) in [6, 6.07) is 5.78. The van der Waals surface area contributed by atoms with E-state index in [2.05, 4.69) is 37.5 Å². The molecule has 0 spiro atoms. The van der Waals surface area contributed by atoms with Gasteiger partial charge in [0.1, 0.15) is 0 Å². The van der Waals surface area contributed by atoms with Crippen LogP contribution in [-0.2, 0) is 22.6 Å². The summed E-state index contributed by atoms with van der Waals surface area (Å²) in [6.45, 7) is 8.14. The number of piperazine rings is 1. The molecule has 1 saturated heterocycles. The number of hydrogen-bond donors (Lipinski definition) is 2. The molecule has 0 bridgehead atoms. The van der Waals surface area contributed by atoms with Crippen molar-refractivity contribution >= 4 is 41.6 Å². The topological polar surface area (TPSA) is 104 Å². The summed E-state index contributed by atoms with van der Waals surface area (Å²) in [7, 11) is 5.82. The third-order valence-electron chi connectivity index (χ3n) is 6.48. The molecule has 0 aliphatic carbocycles. The monoisotopic (exact) mass is 521 g/mol. The molecule has 0 atom stereocenters. The summed E-state index contributed by atoms with van der Waals surface area (Å²) in [5.41, 5.74) is 4.11. The van der Waals surface area contributed by atoms with Crippen LogP contribution < -0.4 is 20.4 Å². The van der Waals surface area contributed by atoms with E-state index in [0.717, 1.165) is 43.1 Å². The van der Waals surface area contributed by atoms with Gasteiger partial charge >= 0.3 is 6.09 Å². The van der Waals surface area contributed by atoms with E-state index in [4.69, 9.17) is 9.47 Å². The molecule has 2 aromatic rings. The van der Waals surface area contributed by atoms with Crippen molar-refractivity contribution in [2.45, 2.75) is 20.0 Å². The molecular formula is C24H36ClN7O4. The van der Waals surface area contributed by atoms with Gasteiger partial charge in [-0.25, -0.2) is 4.79 Å². The van der Waals surface area contributed by atoms with Gasteiger partial charge < -0.3 is 34.8 Å². The fourth-order valence-electron chi connectivity index (χ4n) is 4.41. The average molecular weight is 522 g/mol. The minimum atomic E-state index is -0.550. The summed E-state index contributed by atoms with van der Waals surface area (Å²) in [4.78, 5) is 32.4. The number of rotatable bonds is 8. The van der Waals surface area contributed by atoms with Gasteiger partial charge in [-0.15, -0.1) is 17.5 Å². The quantitative estimate of drug-likeness (QED) is 0.539. The first-order chi connectivity index (χ1) is 16.9. The van der Waals surface area contributed by atoms with Crippen molar-refractivity contribution < 1.29 is 19.1 Å². The van der Waals surface area contributed by atoms with Gasteiger partial charge in [0.15, 0.2) is 5.82 Å². The zero-order chi connectivity index (χ0) is 24.9. The number of nitrogens with one attached hydrogen (secondary N) is 2. The molecule has 12 heteroatoms. The second-order valence-electron chi connectivity index (χ2n) is 8.85. The van der Waals surface area contributed by atoms with E-state index in [0.29, 0.717) is 43.3 Å². The van der Waals surface area contributed by atoms with E-state index in [-0.39, 0.29) is 24.9 Å². The van der Waals surface area contributed by atoms with E-state index in [9.17, 15) is 9.59 Å². The molecule has 1 aromatic heterocycles. The average Bonchev–Trinajstić information content (AvgIpc) is 3.47. The summed E-state index contributed by atoms with van der Waals surface area (Å²) in [5.74, 6) is 0.0972. The highest BCUT2D eigenvalue weighted by Crippen LogP contribution is 2.32. The Morgan fingerprint density at radius 1 is 1.19 bits per heavy atom. The molecule has 198 valence electrons. The first-order valence-electron chi connectivity index (χ1n) is 12.0. The minimum absolute atomic E-state index is 0. The maximum atomic E-state index is 13.3. The van der Waals surface area contributed by atoms with Crippen molar-refractivity contribution in [1.29, 1.82) is 0 Å². The summed E-state index contributed by atoms with van der Waals surface area (Å²) in [5, 5.41) is 10.5. The second-order valence-corrected chi connectivity index (χ2v) is 8.85. The van der Waals surface area contributed by atoms with E-state index in [1.165, 1.54) is 4.68 Å². The third kappa shape index (κ3) is 5.92. The number of methoxy groups -OCH3 is 1. The summed E-state index contributed by atoms with van der Waals surface area (Å²) in [6.07, 6.45) is -0.550. The number of ether oxygens (including phenoxy) is 2. The van der Waals surface area contributed by atoms with Gasteiger partial charge in [0, 0.05) is 71.1 Å². The fraction of sp³-hybridized carbons (Fsp3) is 0.542. The van der Waals surface area contributed by atoms with Crippen LogP contribution in [-0.4, -0.2) is 93.8 Å². The Balaban J connectivity index is 0.00000361. The van der Waals surface area contributed by atoms with Crippen molar-refractivity contribution in [2.75, 3.05) is 82.3 Å². The van der Waals surface area contributed by atoms with E-state index in [1.807, 2.05) is 25.2 Å². The molecule has 1 aromatic carbocycles. The van der Waals surface area contributed by atoms with Gasteiger partial charge in [0.05, 0.1) is 30.3 Å². The van der Waals surface area contributed by atoms with Crippen LogP contribution in [0.25, 0.3) is 0 Å². The number of amides is 1. The summed E-state index contributed by atoms with van der Waals surface area (Å²) >= 11 is 0. The minimum Gasteiger partial charge on any atom is -0.448 e. The number of aromatic nitrogens is 2. The number of nitrogens with zero attached hydrogens (tertiary/aromatic N) is 5. The highest BCUT2D eigenvalue weighted by molar-refractivity contribution is 6.05. The second kappa shape index (κ2) is 12.4. The number of halogens is 1. The van der Waals surface area contributed by atoms with Gasteiger partial charge in [-0.2, -0.15) is 4.68 Å². The molecule has 2 aliphatic rings. The Labute approximate surface area is 218 Å². The van der Waals surface area contributed by atoms with E-state index < -0.39 is 6.09 Å². The van der Waals surface area contributed by atoms with Crippen molar-refractivity contribution in [3.63, 3.8) is 0 Å². The van der Waals surface area contributed by atoms with Gasteiger partial charge in [-0.05, 0) is 32.2 Å². The number of anilines is 3. The lowest BCUT2D eigenvalue weighted by molar-refractivity contribution is 0.102. The SMILES string of the molecule is CCOC(=O)n1nc(NC(=O)c2ccc(N3CCN(C)CC3)c(N(C)CCOC)c2)c2c1CNC2.Cl. The van der Waals surface area contributed by atoms with E-state index in [1.54, 1.807) is 14.0 Å². The number of carbonyl (C=O) groups excluding carboxylic acids is 2. The number of likely N-dealkylation sites (N-methyl/N-ethyl adjacent to an activating group) is 2. The van der Waals surface area contributed by atoms with Crippen LogP contribution in [0.4, 0.5) is 22.0 Å². The predicted octanol–water partition coefficient (Wildman–Crippen LogP) is 2.00. The fourth-order valence-corrected chi connectivity index (χ4v) is 4.41. The molecule has 3 heterocycles. The predicted molar refractivity (Wildman–Crippen MR) is 142 cm³/mol. The number of benzene rings is 1.